The zero-order chi connectivity index (χ0) is 14.4. The Morgan fingerprint density at radius 1 is 1.21 bits per heavy atom. The van der Waals surface area contributed by atoms with E-state index in [2.05, 4.69) is 10.6 Å². The summed E-state index contributed by atoms with van der Waals surface area (Å²) in [5.41, 5.74) is 7.15. The quantitative estimate of drug-likeness (QED) is 0.759. The summed E-state index contributed by atoms with van der Waals surface area (Å²) in [5, 5.41) is 5.43. The van der Waals surface area contributed by atoms with E-state index in [1.54, 1.807) is 24.3 Å². The highest BCUT2D eigenvalue weighted by Gasteiger charge is 2.13. The zero-order valence-corrected chi connectivity index (χ0v) is 11.6. The van der Waals surface area contributed by atoms with Crippen LogP contribution in [0.15, 0.2) is 24.3 Å². The number of hydrogen-bond donors (Lipinski definition) is 3. The Labute approximate surface area is 113 Å². The molecule has 0 fully saturated rings. The smallest absolute Gasteiger partial charge is 0.225 e. The van der Waals surface area contributed by atoms with Crippen LogP contribution >= 0.6 is 0 Å². The maximum Gasteiger partial charge on any atom is 0.225 e. The van der Waals surface area contributed by atoms with Crippen molar-refractivity contribution in [1.82, 2.24) is 0 Å². The van der Waals surface area contributed by atoms with Gasteiger partial charge in [0.2, 0.25) is 11.8 Å². The molecule has 0 aliphatic carbocycles. The van der Waals surface area contributed by atoms with Gasteiger partial charge in [-0.1, -0.05) is 19.9 Å². The summed E-state index contributed by atoms with van der Waals surface area (Å²) < 4.78 is 0. The number of carbonyl (C=O) groups is 2. The molecule has 0 radical (unpaired) electrons. The van der Waals surface area contributed by atoms with Crippen molar-refractivity contribution in [3.8, 4) is 0 Å². The third-order valence-electron chi connectivity index (χ3n) is 2.74. The molecule has 1 unspecified atom stereocenters. The SMILES string of the molecule is CC(=O)Nc1cccc(NC(=O)CC(N)C(C)C)c1. The number of benzene rings is 1. The Morgan fingerprint density at radius 2 is 1.79 bits per heavy atom. The largest absolute Gasteiger partial charge is 0.327 e. The fourth-order valence-electron chi connectivity index (χ4n) is 1.54. The Bertz CT molecular complexity index is 458. The Balaban J connectivity index is 2.61. The van der Waals surface area contributed by atoms with Crippen molar-refractivity contribution in [3.63, 3.8) is 0 Å². The van der Waals surface area contributed by atoms with E-state index < -0.39 is 0 Å². The van der Waals surface area contributed by atoms with Crippen LogP contribution in [0.5, 0.6) is 0 Å². The van der Waals surface area contributed by atoms with Crippen LogP contribution in [0.4, 0.5) is 11.4 Å². The average molecular weight is 263 g/mol. The monoisotopic (exact) mass is 263 g/mol. The van der Waals surface area contributed by atoms with Crippen molar-refractivity contribution in [3.05, 3.63) is 24.3 Å². The predicted molar refractivity (Wildman–Crippen MR) is 76.8 cm³/mol. The summed E-state index contributed by atoms with van der Waals surface area (Å²) in [4.78, 5) is 22.7. The van der Waals surface area contributed by atoms with Gasteiger partial charge < -0.3 is 16.4 Å². The third-order valence-corrected chi connectivity index (χ3v) is 2.74. The van der Waals surface area contributed by atoms with E-state index in [-0.39, 0.29) is 30.2 Å². The molecule has 0 saturated carbocycles. The minimum absolute atomic E-state index is 0.124. The van der Waals surface area contributed by atoms with Gasteiger partial charge in [-0.2, -0.15) is 0 Å². The predicted octanol–water partition coefficient (Wildman–Crippen LogP) is 1.96. The van der Waals surface area contributed by atoms with Gasteiger partial charge in [0.15, 0.2) is 0 Å². The maximum atomic E-state index is 11.8. The first-order valence-electron chi connectivity index (χ1n) is 6.31. The maximum absolute atomic E-state index is 11.8. The van der Waals surface area contributed by atoms with Crippen molar-refractivity contribution < 1.29 is 9.59 Å². The molecule has 4 N–H and O–H groups in total. The number of rotatable bonds is 5. The zero-order valence-electron chi connectivity index (χ0n) is 11.6. The van der Waals surface area contributed by atoms with Gasteiger partial charge in [-0.3, -0.25) is 9.59 Å². The highest BCUT2D eigenvalue weighted by Crippen LogP contribution is 2.15. The van der Waals surface area contributed by atoms with E-state index in [9.17, 15) is 9.59 Å². The molecule has 19 heavy (non-hydrogen) atoms. The van der Waals surface area contributed by atoms with E-state index in [1.165, 1.54) is 6.92 Å². The summed E-state index contributed by atoms with van der Waals surface area (Å²) in [5.74, 6) is -0.0112. The first-order chi connectivity index (χ1) is 8.88. The molecule has 1 aromatic carbocycles. The van der Waals surface area contributed by atoms with Crippen molar-refractivity contribution in [2.45, 2.75) is 33.2 Å². The Kier molecular flexibility index (Phi) is 5.51. The van der Waals surface area contributed by atoms with E-state index in [4.69, 9.17) is 5.73 Å². The average Bonchev–Trinajstić information content (AvgIpc) is 2.27. The second-order valence-electron chi connectivity index (χ2n) is 4.92. The number of nitrogens with one attached hydrogen (secondary N) is 2. The second kappa shape index (κ2) is 6.89. The lowest BCUT2D eigenvalue weighted by Gasteiger charge is -2.15. The molecule has 0 aromatic heterocycles. The van der Waals surface area contributed by atoms with Crippen LogP contribution in [-0.2, 0) is 9.59 Å². The molecule has 1 aromatic rings. The summed E-state index contributed by atoms with van der Waals surface area (Å²) in [6.07, 6.45) is 0.280. The van der Waals surface area contributed by atoms with Gasteiger partial charge in [0.1, 0.15) is 0 Å². The highest BCUT2D eigenvalue weighted by molar-refractivity contribution is 5.93. The summed E-state index contributed by atoms with van der Waals surface area (Å²) in [6, 6.07) is 6.85. The minimum Gasteiger partial charge on any atom is -0.327 e. The molecule has 0 saturated heterocycles. The Hall–Kier alpha value is -1.88. The molecule has 104 valence electrons. The number of anilines is 2. The molecular weight excluding hydrogens is 242 g/mol. The number of hydrogen-bond acceptors (Lipinski definition) is 3. The highest BCUT2D eigenvalue weighted by atomic mass is 16.2. The van der Waals surface area contributed by atoms with Crippen molar-refractivity contribution >= 4 is 23.2 Å². The molecule has 0 aliphatic heterocycles. The van der Waals surface area contributed by atoms with E-state index in [0.717, 1.165) is 0 Å². The van der Waals surface area contributed by atoms with Crippen molar-refractivity contribution in [2.75, 3.05) is 10.6 Å². The fraction of sp³-hybridized carbons (Fsp3) is 0.429. The van der Waals surface area contributed by atoms with Crippen LogP contribution in [0, 0.1) is 5.92 Å². The Morgan fingerprint density at radius 3 is 2.32 bits per heavy atom. The van der Waals surface area contributed by atoms with Gasteiger partial charge >= 0.3 is 0 Å². The minimum atomic E-state index is -0.154. The molecule has 0 bridgehead atoms. The van der Waals surface area contributed by atoms with E-state index in [1.807, 2.05) is 13.8 Å². The second-order valence-corrected chi connectivity index (χ2v) is 4.92. The summed E-state index contributed by atoms with van der Waals surface area (Å²) in [7, 11) is 0. The van der Waals surface area contributed by atoms with Crippen LogP contribution in [0.2, 0.25) is 0 Å². The number of carbonyl (C=O) groups excluding carboxylic acids is 2. The topological polar surface area (TPSA) is 84.2 Å². The van der Waals surface area contributed by atoms with Crippen LogP contribution in [0.3, 0.4) is 0 Å². The number of amides is 2. The van der Waals surface area contributed by atoms with Gasteiger partial charge in [0, 0.05) is 30.8 Å². The normalized spacial score (nSPS) is 12.1. The van der Waals surface area contributed by atoms with Crippen LogP contribution in [0.25, 0.3) is 0 Å². The molecule has 0 aliphatic rings. The third kappa shape index (κ3) is 5.52. The summed E-state index contributed by atoms with van der Waals surface area (Å²) in [6.45, 7) is 5.40. The molecule has 5 nitrogen and oxygen atoms in total. The molecule has 0 heterocycles. The molecule has 2 amide bonds. The standard InChI is InChI=1S/C14H21N3O2/c1-9(2)13(15)8-14(19)17-12-6-4-5-11(7-12)16-10(3)18/h4-7,9,13H,8,15H2,1-3H3,(H,16,18)(H,17,19). The van der Waals surface area contributed by atoms with Gasteiger partial charge in [-0.25, -0.2) is 0 Å². The molecule has 1 atom stereocenters. The first kappa shape index (κ1) is 15.2. The fourth-order valence-corrected chi connectivity index (χ4v) is 1.54. The van der Waals surface area contributed by atoms with E-state index >= 15 is 0 Å². The van der Waals surface area contributed by atoms with Gasteiger partial charge in [0.05, 0.1) is 0 Å². The van der Waals surface area contributed by atoms with Crippen LogP contribution in [-0.4, -0.2) is 17.9 Å². The van der Waals surface area contributed by atoms with Crippen molar-refractivity contribution in [2.24, 2.45) is 11.7 Å². The molecule has 5 heteroatoms. The van der Waals surface area contributed by atoms with Gasteiger partial charge in [-0.05, 0) is 24.1 Å². The van der Waals surface area contributed by atoms with Crippen LogP contribution in [0.1, 0.15) is 27.2 Å². The lowest BCUT2D eigenvalue weighted by Crippen LogP contribution is -2.31. The van der Waals surface area contributed by atoms with Crippen LogP contribution < -0.4 is 16.4 Å². The van der Waals surface area contributed by atoms with Crippen molar-refractivity contribution in [1.29, 1.82) is 0 Å². The van der Waals surface area contributed by atoms with Gasteiger partial charge in [-0.15, -0.1) is 0 Å². The molecule has 0 spiro atoms. The molecule has 1 rings (SSSR count). The molecular formula is C14H21N3O2. The summed E-state index contributed by atoms with van der Waals surface area (Å²) >= 11 is 0. The lowest BCUT2D eigenvalue weighted by atomic mass is 10.0. The number of nitrogens with two attached hydrogens (primary N) is 1. The lowest BCUT2D eigenvalue weighted by molar-refractivity contribution is -0.116. The van der Waals surface area contributed by atoms with Gasteiger partial charge in [0.25, 0.3) is 0 Å². The first-order valence-corrected chi connectivity index (χ1v) is 6.31. The van der Waals surface area contributed by atoms with E-state index in [0.29, 0.717) is 11.4 Å².